The summed E-state index contributed by atoms with van der Waals surface area (Å²) < 4.78 is 10.9. The van der Waals surface area contributed by atoms with Gasteiger partial charge in [0.2, 0.25) is 0 Å². The molecule has 0 fully saturated rings. The van der Waals surface area contributed by atoms with E-state index in [1.54, 1.807) is 0 Å². The predicted molar refractivity (Wildman–Crippen MR) is 226 cm³/mol. The number of hydrogen-bond donors (Lipinski definition) is 0. The van der Waals surface area contributed by atoms with Gasteiger partial charge in [-0.25, -0.2) is 0 Å². The highest BCUT2D eigenvalue weighted by Crippen LogP contribution is 2.25. The number of ether oxygens (including phenoxy) is 2. The van der Waals surface area contributed by atoms with Crippen LogP contribution in [-0.2, 0) is 19.1 Å². The molecule has 0 aromatic heterocycles. The van der Waals surface area contributed by atoms with Crippen molar-refractivity contribution >= 4 is 11.9 Å². The first-order chi connectivity index (χ1) is 25.1. The van der Waals surface area contributed by atoms with Crippen LogP contribution in [0.2, 0.25) is 0 Å². The van der Waals surface area contributed by atoms with Crippen LogP contribution in [0.5, 0.6) is 0 Å². The molecule has 5 heteroatoms. The van der Waals surface area contributed by atoms with Crippen molar-refractivity contribution in [2.24, 2.45) is 23.7 Å². The number of esters is 2. The van der Waals surface area contributed by atoms with Crippen molar-refractivity contribution < 1.29 is 19.1 Å². The lowest BCUT2D eigenvalue weighted by molar-refractivity contribution is -0.144. The molecule has 0 aromatic rings. The molecule has 0 aromatic carbocycles. The van der Waals surface area contributed by atoms with Gasteiger partial charge in [-0.2, -0.15) is 0 Å². The number of carbonyl (C=O) groups excluding carboxylic acids is 2. The maximum Gasteiger partial charge on any atom is 0.306 e. The van der Waals surface area contributed by atoms with Crippen LogP contribution >= 0.6 is 0 Å². The molecule has 52 heavy (non-hydrogen) atoms. The van der Waals surface area contributed by atoms with Crippen LogP contribution in [-0.4, -0.2) is 50.7 Å². The summed E-state index contributed by atoms with van der Waals surface area (Å²) in [6.45, 7) is 13.6. The number of nitrogens with zero attached hydrogens (tertiary/aromatic N) is 1. The van der Waals surface area contributed by atoms with Crippen LogP contribution in [0.3, 0.4) is 0 Å². The Kier molecular flexibility index (Phi) is 36.9. The standard InChI is InChI=1S/C47H91NO4/c1-8-9-10-11-18-23-30-40-51-46(49)34-26-21-16-12-14-19-24-31-44(33-28-29-39-48(6)7)32-25-20-15-13-17-22-27-35-47(50)52-41-38-45(43(4)5)37-36-42(2)3/h23,30,42-45H,8-22,24-29,31-41H2,1-7H3/b30-23-. The van der Waals surface area contributed by atoms with Gasteiger partial charge >= 0.3 is 11.9 Å². The number of unbranched alkanes of at least 4 members (excludes halogenated alkanes) is 17. The highest BCUT2D eigenvalue weighted by Gasteiger charge is 2.15. The van der Waals surface area contributed by atoms with Gasteiger partial charge in [-0.05, 0) is 89.3 Å². The number of carbonyl (C=O) groups is 2. The van der Waals surface area contributed by atoms with E-state index in [1.165, 1.54) is 141 Å². The normalized spacial score (nSPS) is 13.1. The molecule has 0 N–H and O–H groups in total. The minimum absolute atomic E-state index is 0.00392. The fourth-order valence-corrected chi connectivity index (χ4v) is 7.31. The molecule has 2 unspecified atom stereocenters. The third-order valence-corrected chi connectivity index (χ3v) is 11.0. The zero-order chi connectivity index (χ0) is 38.5. The Morgan fingerprint density at radius 1 is 0.538 bits per heavy atom. The van der Waals surface area contributed by atoms with Gasteiger partial charge in [-0.15, -0.1) is 0 Å². The lowest BCUT2D eigenvalue weighted by Crippen LogP contribution is -2.15. The second-order valence-corrected chi connectivity index (χ2v) is 17.2. The van der Waals surface area contributed by atoms with Gasteiger partial charge in [0.25, 0.3) is 0 Å². The fraction of sp³-hybridized carbons (Fsp3) is 0.915. The average molecular weight is 734 g/mol. The van der Waals surface area contributed by atoms with Crippen LogP contribution in [0.25, 0.3) is 0 Å². The molecular formula is C47H91NO4. The summed E-state index contributed by atoms with van der Waals surface area (Å²) in [5, 5.41) is 0. The maximum absolute atomic E-state index is 12.2. The van der Waals surface area contributed by atoms with E-state index in [0.717, 1.165) is 50.4 Å². The van der Waals surface area contributed by atoms with E-state index in [0.29, 0.717) is 37.9 Å². The molecule has 0 saturated heterocycles. The SMILES string of the molecule is CCCCCC/C=C\COC(=O)CCCCCCCCCC(CCCCCCCCCC(=O)OCCC(CCC(C)C)C(C)C)CCCCN(C)C. The maximum atomic E-state index is 12.2. The molecule has 0 aliphatic heterocycles. The quantitative estimate of drug-likeness (QED) is 0.0358. The Bertz CT molecular complexity index is 807. The molecule has 0 heterocycles. The molecule has 0 bridgehead atoms. The first kappa shape index (κ1) is 50.6. The first-order valence-corrected chi connectivity index (χ1v) is 22.8. The molecule has 308 valence electrons. The Hall–Kier alpha value is -1.36. The minimum atomic E-state index is -0.0422. The van der Waals surface area contributed by atoms with Crippen molar-refractivity contribution in [3.63, 3.8) is 0 Å². The van der Waals surface area contributed by atoms with E-state index >= 15 is 0 Å². The van der Waals surface area contributed by atoms with Gasteiger partial charge in [0.05, 0.1) is 6.61 Å². The topological polar surface area (TPSA) is 55.8 Å². The zero-order valence-electron chi connectivity index (χ0n) is 36.2. The highest BCUT2D eigenvalue weighted by molar-refractivity contribution is 5.69. The Morgan fingerprint density at radius 3 is 1.56 bits per heavy atom. The van der Waals surface area contributed by atoms with Crippen LogP contribution in [0.1, 0.15) is 221 Å². The monoisotopic (exact) mass is 734 g/mol. The van der Waals surface area contributed by atoms with Gasteiger partial charge in [0.1, 0.15) is 6.61 Å². The summed E-state index contributed by atoms with van der Waals surface area (Å²) in [5.74, 6) is 2.91. The molecule has 0 aliphatic carbocycles. The van der Waals surface area contributed by atoms with Crippen molar-refractivity contribution in [3.8, 4) is 0 Å². The number of rotatable bonds is 39. The van der Waals surface area contributed by atoms with Crippen LogP contribution in [0, 0.1) is 23.7 Å². The lowest BCUT2D eigenvalue weighted by Gasteiger charge is -2.21. The first-order valence-electron chi connectivity index (χ1n) is 22.8. The summed E-state index contributed by atoms with van der Waals surface area (Å²) in [7, 11) is 4.37. The summed E-state index contributed by atoms with van der Waals surface area (Å²) in [5.41, 5.74) is 0. The third-order valence-electron chi connectivity index (χ3n) is 11.0. The molecule has 5 nitrogen and oxygen atoms in total. The smallest absolute Gasteiger partial charge is 0.306 e. The number of hydrogen-bond acceptors (Lipinski definition) is 5. The van der Waals surface area contributed by atoms with Crippen LogP contribution in [0.15, 0.2) is 12.2 Å². The molecule has 0 aliphatic rings. The van der Waals surface area contributed by atoms with Crippen molar-refractivity contribution in [1.29, 1.82) is 0 Å². The van der Waals surface area contributed by atoms with E-state index < -0.39 is 0 Å². The van der Waals surface area contributed by atoms with Crippen molar-refractivity contribution in [2.45, 2.75) is 221 Å². The van der Waals surface area contributed by atoms with Gasteiger partial charge in [0, 0.05) is 12.8 Å². The van der Waals surface area contributed by atoms with Crippen molar-refractivity contribution in [3.05, 3.63) is 12.2 Å². The summed E-state index contributed by atoms with van der Waals surface area (Å²) in [6, 6.07) is 0. The Labute approximate surface area is 325 Å². The van der Waals surface area contributed by atoms with Crippen LogP contribution in [0.4, 0.5) is 0 Å². The highest BCUT2D eigenvalue weighted by atomic mass is 16.5. The molecule has 0 spiro atoms. The largest absolute Gasteiger partial charge is 0.466 e. The second-order valence-electron chi connectivity index (χ2n) is 17.2. The van der Waals surface area contributed by atoms with Gasteiger partial charge < -0.3 is 14.4 Å². The molecule has 0 amide bonds. The molecule has 0 radical (unpaired) electrons. The molecule has 2 atom stereocenters. The van der Waals surface area contributed by atoms with Crippen molar-refractivity contribution in [2.75, 3.05) is 33.9 Å². The van der Waals surface area contributed by atoms with E-state index in [9.17, 15) is 9.59 Å². The van der Waals surface area contributed by atoms with E-state index in [1.807, 2.05) is 6.08 Å². The summed E-state index contributed by atoms with van der Waals surface area (Å²) in [4.78, 5) is 26.5. The minimum Gasteiger partial charge on any atom is -0.466 e. The van der Waals surface area contributed by atoms with E-state index in [2.05, 4.69) is 59.7 Å². The molecule has 0 rings (SSSR count). The zero-order valence-corrected chi connectivity index (χ0v) is 36.2. The fourth-order valence-electron chi connectivity index (χ4n) is 7.31. The summed E-state index contributed by atoms with van der Waals surface area (Å²) >= 11 is 0. The number of allylic oxidation sites excluding steroid dienone is 1. The third kappa shape index (κ3) is 37.0. The van der Waals surface area contributed by atoms with E-state index in [-0.39, 0.29) is 11.9 Å². The van der Waals surface area contributed by atoms with Crippen LogP contribution < -0.4 is 0 Å². The van der Waals surface area contributed by atoms with Gasteiger partial charge in [0.15, 0.2) is 0 Å². The van der Waals surface area contributed by atoms with E-state index in [4.69, 9.17) is 9.47 Å². The Balaban J connectivity index is 3.95. The van der Waals surface area contributed by atoms with Crippen molar-refractivity contribution in [1.82, 2.24) is 4.90 Å². The molecule has 0 saturated carbocycles. The van der Waals surface area contributed by atoms with Gasteiger partial charge in [-0.1, -0.05) is 175 Å². The summed E-state index contributed by atoms with van der Waals surface area (Å²) in [6.07, 6.45) is 39.3. The lowest BCUT2D eigenvalue weighted by atomic mass is 9.86. The van der Waals surface area contributed by atoms with Gasteiger partial charge in [-0.3, -0.25) is 9.59 Å². The predicted octanol–water partition coefficient (Wildman–Crippen LogP) is 14.1. The second kappa shape index (κ2) is 37.9. The average Bonchev–Trinajstić information content (AvgIpc) is 3.10. The Morgan fingerprint density at radius 2 is 1.04 bits per heavy atom. The molecular weight excluding hydrogens is 643 g/mol.